The maximum absolute atomic E-state index is 4.03. The van der Waals surface area contributed by atoms with Gasteiger partial charge in [-0.25, -0.2) is 0 Å². The van der Waals surface area contributed by atoms with Crippen LogP contribution in [0.25, 0.3) is 0 Å². The lowest BCUT2D eigenvalue weighted by Crippen LogP contribution is -2.22. The van der Waals surface area contributed by atoms with Gasteiger partial charge >= 0.3 is 0 Å². The van der Waals surface area contributed by atoms with Gasteiger partial charge in [0.25, 0.3) is 0 Å². The van der Waals surface area contributed by atoms with Crippen LogP contribution in [0.4, 0.5) is 0 Å². The van der Waals surface area contributed by atoms with E-state index in [1.54, 1.807) is 0 Å². The average molecular weight is 227 g/mol. The van der Waals surface area contributed by atoms with Gasteiger partial charge < -0.3 is 5.32 Å². The second kappa shape index (κ2) is 5.55. The van der Waals surface area contributed by atoms with Crippen molar-refractivity contribution in [3.8, 4) is 0 Å². The van der Waals surface area contributed by atoms with Crippen LogP contribution < -0.4 is 5.32 Å². The molecule has 2 aromatic rings. The monoisotopic (exact) mass is 227 g/mol. The molecule has 0 saturated carbocycles. The average Bonchev–Trinajstić information content (AvgIpc) is 2.40. The molecule has 0 bridgehead atoms. The van der Waals surface area contributed by atoms with E-state index in [0.29, 0.717) is 12.1 Å². The predicted molar refractivity (Wildman–Crippen MR) is 68.4 cm³/mol. The van der Waals surface area contributed by atoms with Gasteiger partial charge in [-0.05, 0) is 49.2 Å². The van der Waals surface area contributed by atoms with Gasteiger partial charge in [0.1, 0.15) is 0 Å². The molecule has 0 aromatic carbocycles. The van der Waals surface area contributed by atoms with E-state index >= 15 is 0 Å². The summed E-state index contributed by atoms with van der Waals surface area (Å²) < 4.78 is 0. The normalized spacial score (nSPS) is 14.2. The van der Waals surface area contributed by atoms with E-state index in [1.807, 2.05) is 49.1 Å². The summed E-state index contributed by atoms with van der Waals surface area (Å²) in [6.07, 6.45) is 7.30. The Labute approximate surface area is 102 Å². The van der Waals surface area contributed by atoms with Crippen molar-refractivity contribution in [1.82, 2.24) is 15.3 Å². The van der Waals surface area contributed by atoms with Crippen LogP contribution in [0.2, 0.25) is 0 Å². The lowest BCUT2D eigenvalue weighted by molar-refractivity contribution is 0.494. The molecule has 2 heterocycles. The Bertz CT molecular complexity index is 398. The molecule has 2 rings (SSSR count). The van der Waals surface area contributed by atoms with Crippen molar-refractivity contribution in [1.29, 1.82) is 0 Å². The van der Waals surface area contributed by atoms with Gasteiger partial charge in [0.05, 0.1) is 0 Å². The van der Waals surface area contributed by atoms with Gasteiger partial charge in [-0.15, -0.1) is 0 Å². The first-order valence-corrected chi connectivity index (χ1v) is 5.83. The van der Waals surface area contributed by atoms with Gasteiger partial charge in [0.15, 0.2) is 0 Å². The van der Waals surface area contributed by atoms with Crippen LogP contribution in [-0.2, 0) is 0 Å². The van der Waals surface area contributed by atoms with Gasteiger partial charge in [0.2, 0.25) is 0 Å². The Hall–Kier alpha value is -1.74. The summed E-state index contributed by atoms with van der Waals surface area (Å²) in [7, 11) is 0. The lowest BCUT2D eigenvalue weighted by atomic mass is 10.1. The third-order valence-electron chi connectivity index (χ3n) is 2.91. The second-order valence-corrected chi connectivity index (χ2v) is 4.17. The van der Waals surface area contributed by atoms with E-state index in [0.717, 1.165) is 0 Å². The van der Waals surface area contributed by atoms with Crippen LogP contribution >= 0.6 is 0 Å². The van der Waals surface area contributed by atoms with Crippen LogP contribution in [0.5, 0.6) is 0 Å². The van der Waals surface area contributed by atoms with Gasteiger partial charge in [-0.2, -0.15) is 0 Å². The van der Waals surface area contributed by atoms with E-state index in [1.165, 1.54) is 11.1 Å². The molecule has 0 aliphatic carbocycles. The summed E-state index contributed by atoms with van der Waals surface area (Å²) in [5.41, 5.74) is 2.50. The molecule has 0 aliphatic heterocycles. The molecule has 0 radical (unpaired) electrons. The van der Waals surface area contributed by atoms with E-state index in [4.69, 9.17) is 0 Å². The molecular formula is C14H17N3. The number of hydrogen-bond donors (Lipinski definition) is 1. The fourth-order valence-electron chi connectivity index (χ4n) is 1.87. The van der Waals surface area contributed by atoms with Crippen molar-refractivity contribution in [2.24, 2.45) is 0 Å². The first-order valence-electron chi connectivity index (χ1n) is 5.83. The molecule has 0 spiro atoms. The Morgan fingerprint density at radius 2 is 1.12 bits per heavy atom. The number of nitrogens with one attached hydrogen (secondary N) is 1. The van der Waals surface area contributed by atoms with Crippen LogP contribution in [0.3, 0.4) is 0 Å². The van der Waals surface area contributed by atoms with Gasteiger partial charge in [-0.3, -0.25) is 9.97 Å². The topological polar surface area (TPSA) is 37.8 Å². The first kappa shape index (κ1) is 11.7. The Balaban J connectivity index is 2.02. The van der Waals surface area contributed by atoms with Crippen molar-refractivity contribution in [2.75, 3.05) is 0 Å². The quantitative estimate of drug-likeness (QED) is 0.872. The molecule has 17 heavy (non-hydrogen) atoms. The van der Waals surface area contributed by atoms with Crippen molar-refractivity contribution in [3.05, 3.63) is 60.2 Å². The number of rotatable bonds is 4. The number of hydrogen-bond acceptors (Lipinski definition) is 3. The molecule has 1 unspecified atom stereocenters. The maximum atomic E-state index is 4.03. The van der Waals surface area contributed by atoms with E-state index in [9.17, 15) is 0 Å². The molecule has 0 amide bonds. The fraction of sp³-hybridized carbons (Fsp3) is 0.286. The minimum absolute atomic E-state index is 0.307. The molecule has 1 N–H and O–H groups in total. The Kier molecular flexibility index (Phi) is 3.83. The highest BCUT2D eigenvalue weighted by Crippen LogP contribution is 2.17. The zero-order chi connectivity index (χ0) is 12.1. The highest BCUT2D eigenvalue weighted by atomic mass is 14.9. The van der Waals surface area contributed by atoms with Gasteiger partial charge in [-0.1, -0.05) is 0 Å². The van der Waals surface area contributed by atoms with E-state index < -0.39 is 0 Å². The highest BCUT2D eigenvalue weighted by Gasteiger charge is 2.10. The number of nitrogens with zero attached hydrogens (tertiary/aromatic N) is 2. The molecule has 0 aliphatic rings. The summed E-state index contributed by atoms with van der Waals surface area (Å²) in [5.74, 6) is 0. The minimum Gasteiger partial charge on any atom is -0.304 e. The van der Waals surface area contributed by atoms with Crippen LogP contribution in [0, 0.1) is 0 Å². The molecule has 0 fully saturated rings. The number of pyridine rings is 2. The van der Waals surface area contributed by atoms with Gasteiger partial charge in [0, 0.05) is 36.9 Å². The summed E-state index contributed by atoms with van der Waals surface area (Å²) in [6.45, 7) is 4.32. The molecule has 2 atom stereocenters. The highest BCUT2D eigenvalue weighted by molar-refractivity contribution is 5.18. The predicted octanol–water partition coefficient (Wildman–Crippen LogP) is 2.89. The summed E-state index contributed by atoms with van der Waals surface area (Å²) >= 11 is 0. The van der Waals surface area contributed by atoms with E-state index in [-0.39, 0.29) is 0 Å². The van der Waals surface area contributed by atoms with Crippen LogP contribution in [0.15, 0.2) is 49.1 Å². The van der Waals surface area contributed by atoms with Crippen molar-refractivity contribution >= 4 is 0 Å². The summed E-state index contributed by atoms with van der Waals surface area (Å²) in [5, 5.41) is 3.56. The third-order valence-corrected chi connectivity index (χ3v) is 2.91. The molecular weight excluding hydrogens is 210 g/mol. The molecule has 88 valence electrons. The standard InChI is InChI=1S/C14H17N3/c1-11(13-3-7-15-8-4-13)17-12(2)14-5-9-16-10-6-14/h3-12,17H,1-2H3/t11-,12?/m1/s1. The van der Waals surface area contributed by atoms with Crippen molar-refractivity contribution < 1.29 is 0 Å². The zero-order valence-corrected chi connectivity index (χ0v) is 10.2. The third kappa shape index (κ3) is 3.11. The minimum atomic E-state index is 0.307. The van der Waals surface area contributed by atoms with Crippen molar-refractivity contribution in [3.63, 3.8) is 0 Å². The largest absolute Gasteiger partial charge is 0.304 e. The van der Waals surface area contributed by atoms with E-state index in [2.05, 4.69) is 29.1 Å². The Morgan fingerprint density at radius 3 is 1.47 bits per heavy atom. The van der Waals surface area contributed by atoms with Crippen LogP contribution in [0.1, 0.15) is 37.1 Å². The molecule has 3 heteroatoms. The summed E-state index contributed by atoms with van der Waals surface area (Å²) in [4.78, 5) is 8.06. The fourth-order valence-corrected chi connectivity index (χ4v) is 1.87. The maximum Gasteiger partial charge on any atom is 0.0298 e. The molecule has 2 aromatic heterocycles. The first-order chi connectivity index (χ1) is 8.27. The van der Waals surface area contributed by atoms with Crippen LogP contribution in [-0.4, -0.2) is 9.97 Å². The molecule has 3 nitrogen and oxygen atoms in total. The SMILES string of the molecule is CC(N[C@H](C)c1ccncc1)c1ccncc1. The molecule has 0 saturated heterocycles. The number of aromatic nitrogens is 2. The Morgan fingerprint density at radius 1 is 0.765 bits per heavy atom. The zero-order valence-electron chi connectivity index (χ0n) is 10.2. The summed E-state index contributed by atoms with van der Waals surface area (Å²) in [6, 6.07) is 8.77. The van der Waals surface area contributed by atoms with Crippen molar-refractivity contribution in [2.45, 2.75) is 25.9 Å². The second-order valence-electron chi connectivity index (χ2n) is 4.17. The smallest absolute Gasteiger partial charge is 0.0298 e. The lowest BCUT2D eigenvalue weighted by Gasteiger charge is -2.20.